The Morgan fingerprint density at radius 1 is 0.800 bits per heavy atom. The summed E-state index contributed by atoms with van der Waals surface area (Å²) >= 11 is 0. The van der Waals surface area contributed by atoms with Crippen LogP contribution < -0.4 is 5.32 Å². The first-order valence-electron chi connectivity index (χ1n) is 11.5. The van der Waals surface area contributed by atoms with Gasteiger partial charge in [-0.25, -0.2) is 9.59 Å². The monoisotopic (exact) mass is 473 g/mol. The molecule has 0 aromatic heterocycles. The summed E-state index contributed by atoms with van der Waals surface area (Å²) in [4.78, 5) is 38.3. The molecular weight excluding hydrogens is 442 g/mol. The van der Waals surface area contributed by atoms with Crippen LogP contribution in [0.1, 0.15) is 53.7 Å². The number of methoxy groups -OCH3 is 1. The molecule has 35 heavy (non-hydrogen) atoms. The summed E-state index contributed by atoms with van der Waals surface area (Å²) in [5, 5.41) is 2.88. The van der Waals surface area contributed by atoms with Crippen molar-refractivity contribution in [1.29, 1.82) is 0 Å². The van der Waals surface area contributed by atoms with Gasteiger partial charge in [0.1, 0.15) is 11.6 Å². The summed E-state index contributed by atoms with van der Waals surface area (Å²) in [6.45, 7) is 5.42. The van der Waals surface area contributed by atoms with Crippen molar-refractivity contribution in [3.05, 3.63) is 107 Å². The van der Waals surface area contributed by atoms with Gasteiger partial charge in [-0.3, -0.25) is 4.79 Å². The summed E-state index contributed by atoms with van der Waals surface area (Å²) in [7, 11) is 1.29. The maximum absolute atomic E-state index is 13.5. The van der Waals surface area contributed by atoms with Crippen LogP contribution >= 0.6 is 0 Å². The zero-order chi connectivity index (χ0) is 25.4. The van der Waals surface area contributed by atoms with Crippen molar-refractivity contribution >= 4 is 17.8 Å². The van der Waals surface area contributed by atoms with Crippen LogP contribution in [0.15, 0.2) is 84.9 Å². The van der Waals surface area contributed by atoms with Crippen LogP contribution in [0.5, 0.6) is 0 Å². The maximum atomic E-state index is 13.5. The van der Waals surface area contributed by atoms with Crippen LogP contribution in [0.4, 0.5) is 0 Å². The molecule has 0 aliphatic carbocycles. The van der Waals surface area contributed by atoms with Crippen molar-refractivity contribution in [2.75, 3.05) is 7.11 Å². The third-order valence-corrected chi connectivity index (χ3v) is 5.36. The minimum Gasteiger partial charge on any atom is -0.467 e. The van der Waals surface area contributed by atoms with Crippen molar-refractivity contribution in [1.82, 2.24) is 5.32 Å². The van der Waals surface area contributed by atoms with Gasteiger partial charge in [0.25, 0.3) is 0 Å². The van der Waals surface area contributed by atoms with E-state index in [4.69, 9.17) is 9.47 Å². The molecule has 0 saturated carbocycles. The summed E-state index contributed by atoms with van der Waals surface area (Å²) in [5.74, 6) is -1.85. The molecular formula is C29H31NO5. The van der Waals surface area contributed by atoms with Gasteiger partial charge in [-0.1, -0.05) is 72.8 Å². The van der Waals surface area contributed by atoms with E-state index < -0.39 is 29.5 Å². The quantitative estimate of drug-likeness (QED) is 0.481. The Morgan fingerprint density at radius 3 is 1.77 bits per heavy atom. The highest BCUT2D eigenvalue weighted by Gasteiger charge is 2.28. The van der Waals surface area contributed by atoms with E-state index in [-0.39, 0.29) is 12.3 Å². The fraction of sp³-hybridized carbons (Fsp3) is 0.276. The minimum absolute atomic E-state index is 0.212. The highest BCUT2D eigenvalue weighted by molar-refractivity contribution is 5.91. The van der Waals surface area contributed by atoms with Gasteiger partial charge in [0.2, 0.25) is 5.91 Å². The van der Waals surface area contributed by atoms with E-state index in [2.05, 4.69) is 5.32 Å². The molecule has 3 aromatic rings. The molecule has 0 aliphatic rings. The molecule has 0 fully saturated rings. The van der Waals surface area contributed by atoms with Crippen molar-refractivity contribution in [2.24, 2.45) is 0 Å². The van der Waals surface area contributed by atoms with Crippen molar-refractivity contribution in [3.8, 4) is 0 Å². The Morgan fingerprint density at radius 2 is 1.31 bits per heavy atom. The summed E-state index contributed by atoms with van der Waals surface area (Å²) in [6, 6.07) is 24.7. The Labute approximate surface area is 206 Å². The van der Waals surface area contributed by atoms with Crippen LogP contribution in [-0.4, -0.2) is 36.6 Å². The first-order chi connectivity index (χ1) is 16.7. The molecule has 1 amide bonds. The molecule has 1 N–H and O–H groups in total. The molecule has 6 heteroatoms. The number of carbonyl (C=O) groups is 3. The lowest BCUT2D eigenvalue weighted by atomic mass is 9.90. The summed E-state index contributed by atoms with van der Waals surface area (Å²) in [6.07, 6.45) is 0.212. The third kappa shape index (κ3) is 7.27. The van der Waals surface area contributed by atoms with E-state index in [1.807, 2.05) is 60.7 Å². The number of hydrogen-bond acceptors (Lipinski definition) is 5. The lowest BCUT2D eigenvalue weighted by molar-refractivity contribution is -0.145. The minimum atomic E-state index is -0.894. The van der Waals surface area contributed by atoms with E-state index in [0.29, 0.717) is 5.56 Å². The maximum Gasteiger partial charge on any atom is 0.338 e. The average molecular weight is 474 g/mol. The Kier molecular flexibility index (Phi) is 8.42. The van der Waals surface area contributed by atoms with Gasteiger partial charge in [-0.05, 0) is 49.6 Å². The van der Waals surface area contributed by atoms with Gasteiger partial charge >= 0.3 is 11.9 Å². The Bertz CT molecular complexity index is 1100. The number of hydrogen-bond donors (Lipinski definition) is 1. The molecule has 6 nitrogen and oxygen atoms in total. The number of ether oxygens (including phenoxy) is 2. The molecule has 0 aliphatic heterocycles. The molecule has 1 atom stereocenters. The van der Waals surface area contributed by atoms with Gasteiger partial charge in [0, 0.05) is 6.42 Å². The highest BCUT2D eigenvalue weighted by Crippen LogP contribution is 2.25. The van der Waals surface area contributed by atoms with Crippen molar-refractivity contribution < 1.29 is 23.9 Å². The largest absolute Gasteiger partial charge is 0.467 e. The lowest BCUT2D eigenvalue weighted by Crippen LogP contribution is -2.45. The molecule has 0 saturated heterocycles. The Balaban J connectivity index is 1.80. The number of benzene rings is 3. The zero-order valence-electron chi connectivity index (χ0n) is 20.5. The fourth-order valence-electron chi connectivity index (χ4n) is 3.73. The normalized spacial score (nSPS) is 12.0. The lowest BCUT2D eigenvalue weighted by Gasteiger charge is -2.22. The number of rotatable bonds is 8. The molecule has 0 heterocycles. The predicted molar refractivity (Wildman–Crippen MR) is 134 cm³/mol. The predicted octanol–water partition coefficient (Wildman–Crippen LogP) is 4.67. The number of carbonyl (C=O) groups excluding carboxylic acids is 3. The molecule has 3 rings (SSSR count). The molecule has 3 aromatic carbocycles. The molecule has 0 spiro atoms. The highest BCUT2D eigenvalue weighted by atomic mass is 16.6. The van der Waals surface area contributed by atoms with Gasteiger partial charge in [0.05, 0.1) is 18.6 Å². The van der Waals surface area contributed by atoms with Gasteiger partial charge in [-0.2, -0.15) is 0 Å². The van der Waals surface area contributed by atoms with Crippen molar-refractivity contribution in [2.45, 2.75) is 44.8 Å². The van der Waals surface area contributed by atoms with E-state index in [9.17, 15) is 14.4 Å². The molecule has 0 radical (unpaired) electrons. The molecule has 0 bridgehead atoms. The van der Waals surface area contributed by atoms with Crippen LogP contribution in [0.3, 0.4) is 0 Å². The first kappa shape index (κ1) is 25.7. The second kappa shape index (κ2) is 11.5. The fourth-order valence-corrected chi connectivity index (χ4v) is 3.73. The second-order valence-corrected chi connectivity index (χ2v) is 9.24. The zero-order valence-corrected chi connectivity index (χ0v) is 20.5. The van der Waals surface area contributed by atoms with Gasteiger partial charge in [-0.15, -0.1) is 0 Å². The first-order valence-corrected chi connectivity index (χ1v) is 11.5. The summed E-state index contributed by atoms with van der Waals surface area (Å²) in [5.41, 5.74) is 2.23. The molecule has 182 valence electrons. The number of esters is 2. The smallest absolute Gasteiger partial charge is 0.338 e. The number of nitrogens with one attached hydrogen (secondary N) is 1. The van der Waals surface area contributed by atoms with Gasteiger partial charge in [0.15, 0.2) is 0 Å². The topological polar surface area (TPSA) is 81.7 Å². The van der Waals surface area contributed by atoms with E-state index in [0.717, 1.165) is 16.7 Å². The van der Waals surface area contributed by atoms with Crippen LogP contribution in [0.2, 0.25) is 0 Å². The van der Waals surface area contributed by atoms with E-state index >= 15 is 0 Å². The second-order valence-electron chi connectivity index (χ2n) is 9.24. The summed E-state index contributed by atoms with van der Waals surface area (Å²) < 4.78 is 10.4. The van der Waals surface area contributed by atoms with Crippen LogP contribution in [0, 0.1) is 0 Å². The third-order valence-electron chi connectivity index (χ3n) is 5.36. The average Bonchev–Trinajstić information content (AvgIpc) is 2.84. The Hall–Kier alpha value is -3.93. The van der Waals surface area contributed by atoms with E-state index in [1.165, 1.54) is 7.11 Å². The van der Waals surface area contributed by atoms with Crippen molar-refractivity contribution in [3.63, 3.8) is 0 Å². The molecule has 0 unspecified atom stereocenters. The van der Waals surface area contributed by atoms with E-state index in [1.54, 1.807) is 45.0 Å². The SMILES string of the molecule is COC(=O)[C@H](Cc1ccc(C(=O)OC(C)(C)C)cc1)NC(=O)C(c1ccccc1)c1ccccc1. The van der Waals surface area contributed by atoms with Crippen LogP contribution in [0.25, 0.3) is 0 Å². The number of amides is 1. The van der Waals surface area contributed by atoms with Crippen LogP contribution in [-0.2, 0) is 25.5 Å². The van der Waals surface area contributed by atoms with Gasteiger partial charge < -0.3 is 14.8 Å². The standard InChI is InChI=1S/C29H31NO5/c1-29(2,3)35-27(32)23-17-15-20(16-18-23)19-24(28(33)34-4)30-26(31)25(21-11-7-5-8-12-21)22-13-9-6-10-14-22/h5-18,24-25H,19H2,1-4H3,(H,30,31)/t24-/m0/s1.